The van der Waals surface area contributed by atoms with Gasteiger partial charge in [0.05, 0.1) is 6.07 Å². The highest BCUT2D eigenvalue weighted by Crippen LogP contribution is 2.29. The van der Waals surface area contributed by atoms with Crippen molar-refractivity contribution in [2.24, 2.45) is 5.92 Å². The van der Waals surface area contributed by atoms with Gasteiger partial charge in [-0.15, -0.1) is 0 Å². The zero-order valence-corrected chi connectivity index (χ0v) is 12.0. The lowest BCUT2D eigenvalue weighted by Gasteiger charge is -2.33. The van der Waals surface area contributed by atoms with Crippen LogP contribution in [-0.2, 0) is 4.43 Å². The van der Waals surface area contributed by atoms with Crippen molar-refractivity contribution in [3.63, 3.8) is 0 Å². The highest BCUT2D eigenvalue weighted by atomic mass is 28.4. The van der Waals surface area contributed by atoms with E-state index in [9.17, 15) is 0 Å². The van der Waals surface area contributed by atoms with E-state index in [1.165, 1.54) is 25.7 Å². The lowest BCUT2D eigenvalue weighted by atomic mass is 9.89. The minimum atomic E-state index is -1.50. The summed E-state index contributed by atoms with van der Waals surface area (Å²) in [5.41, 5.74) is 0. The zero-order chi connectivity index (χ0) is 12.0. The smallest absolute Gasteiger partial charge is 0.187 e. The van der Waals surface area contributed by atoms with Crippen LogP contribution in [0.15, 0.2) is 0 Å². The molecule has 1 saturated carbocycles. The van der Waals surface area contributed by atoms with Crippen molar-refractivity contribution < 1.29 is 4.43 Å². The van der Waals surface area contributed by atoms with Crippen LogP contribution in [0.5, 0.6) is 0 Å². The first-order valence-electron chi connectivity index (χ1n) is 6.58. The fourth-order valence-corrected chi connectivity index (χ4v) is 4.73. The molecule has 2 nitrogen and oxygen atoms in total. The van der Waals surface area contributed by atoms with Crippen LogP contribution in [0.3, 0.4) is 0 Å². The molecule has 0 N–H and O–H groups in total. The highest BCUT2D eigenvalue weighted by Gasteiger charge is 2.28. The van der Waals surface area contributed by atoms with E-state index in [-0.39, 0.29) is 0 Å². The Morgan fingerprint density at radius 1 is 1.25 bits per heavy atom. The van der Waals surface area contributed by atoms with Crippen LogP contribution in [0, 0.1) is 17.2 Å². The third-order valence-electron chi connectivity index (χ3n) is 3.52. The molecule has 0 heterocycles. The van der Waals surface area contributed by atoms with E-state index in [0.717, 1.165) is 18.4 Å². The molecule has 0 spiro atoms. The third kappa shape index (κ3) is 5.13. The van der Waals surface area contributed by atoms with Gasteiger partial charge in [-0.1, -0.05) is 6.92 Å². The van der Waals surface area contributed by atoms with Crippen LogP contribution in [0.25, 0.3) is 0 Å². The van der Waals surface area contributed by atoms with Gasteiger partial charge in [0.15, 0.2) is 8.32 Å². The summed E-state index contributed by atoms with van der Waals surface area (Å²) < 4.78 is 6.30. The first-order valence-corrected chi connectivity index (χ1v) is 9.70. The monoisotopic (exact) mass is 239 g/mol. The number of unbranched alkanes of at least 4 members (excludes halogenated alkanes) is 1. The number of rotatable bonds is 5. The van der Waals surface area contributed by atoms with Gasteiger partial charge in [0, 0.05) is 12.5 Å². The van der Waals surface area contributed by atoms with Crippen molar-refractivity contribution in [1.82, 2.24) is 0 Å². The molecule has 92 valence electrons. The normalized spacial score (nSPS) is 26.4. The molecule has 1 fully saturated rings. The summed E-state index contributed by atoms with van der Waals surface area (Å²) in [7, 11) is -1.50. The Morgan fingerprint density at radius 3 is 2.44 bits per heavy atom. The maximum Gasteiger partial charge on any atom is 0.187 e. The summed E-state index contributed by atoms with van der Waals surface area (Å²) in [6.07, 6.45) is 7.35. The van der Waals surface area contributed by atoms with Gasteiger partial charge in [0.25, 0.3) is 0 Å². The van der Waals surface area contributed by atoms with E-state index in [4.69, 9.17) is 9.69 Å². The molecule has 16 heavy (non-hydrogen) atoms. The van der Waals surface area contributed by atoms with Crippen LogP contribution in [0.4, 0.5) is 0 Å². The maximum atomic E-state index is 8.54. The first-order chi connectivity index (χ1) is 7.53. The number of hydrogen-bond acceptors (Lipinski definition) is 2. The van der Waals surface area contributed by atoms with E-state index in [1.807, 2.05) is 0 Å². The van der Waals surface area contributed by atoms with Gasteiger partial charge in [0.2, 0.25) is 0 Å². The van der Waals surface area contributed by atoms with Crippen molar-refractivity contribution in [2.75, 3.05) is 0 Å². The van der Waals surface area contributed by atoms with Gasteiger partial charge in [0.1, 0.15) is 0 Å². The predicted octanol–water partition coefficient (Wildman–Crippen LogP) is 4.09. The lowest BCUT2D eigenvalue weighted by Crippen LogP contribution is -2.36. The third-order valence-corrected chi connectivity index (χ3v) is 6.05. The molecule has 0 aromatic carbocycles. The van der Waals surface area contributed by atoms with Crippen molar-refractivity contribution in [3.8, 4) is 6.07 Å². The van der Waals surface area contributed by atoms with E-state index in [0.29, 0.717) is 12.5 Å². The van der Waals surface area contributed by atoms with Gasteiger partial charge < -0.3 is 4.43 Å². The molecule has 0 aliphatic heterocycles. The molecule has 3 heteroatoms. The predicted molar refractivity (Wildman–Crippen MR) is 69.6 cm³/mol. The molecular formula is C13H25NOSi. The van der Waals surface area contributed by atoms with Crippen molar-refractivity contribution in [2.45, 2.75) is 70.7 Å². The molecule has 0 atom stereocenters. The first kappa shape index (κ1) is 13.7. The van der Waals surface area contributed by atoms with Gasteiger partial charge in [-0.2, -0.15) is 5.26 Å². The standard InChI is InChI=1S/C13H25NOSi/c1-12-6-8-13(9-7-12)15-16(2,3)11-5-4-10-14/h12-13H,4-9,11H2,1-3H3. The number of nitrogens with zero attached hydrogens (tertiary/aromatic N) is 1. The highest BCUT2D eigenvalue weighted by molar-refractivity contribution is 6.71. The summed E-state index contributed by atoms with van der Waals surface area (Å²) in [6, 6.07) is 3.35. The molecular weight excluding hydrogens is 214 g/mol. The lowest BCUT2D eigenvalue weighted by molar-refractivity contribution is 0.127. The van der Waals surface area contributed by atoms with Crippen LogP contribution in [0.1, 0.15) is 45.4 Å². The van der Waals surface area contributed by atoms with Crippen LogP contribution in [-0.4, -0.2) is 14.4 Å². The molecule has 0 aromatic heterocycles. The van der Waals surface area contributed by atoms with Crippen molar-refractivity contribution in [1.29, 1.82) is 5.26 Å². The van der Waals surface area contributed by atoms with Gasteiger partial charge in [-0.25, -0.2) is 0 Å². The SMILES string of the molecule is CC1CCC(O[Si](C)(C)CCCC#N)CC1. The van der Waals surface area contributed by atoms with E-state index in [2.05, 4.69) is 26.1 Å². The van der Waals surface area contributed by atoms with E-state index in [1.54, 1.807) is 0 Å². The Balaban J connectivity index is 2.26. The number of nitriles is 1. The Bertz CT molecular complexity index is 239. The molecule has 0 radical (unpaired) electrons. The second kappa shape index (κ2) is 6.41. The Hall–Kier alpha value is -0.333. The summed E-state index contributed by atoms with van der Waals surface area (Å²) in [4.78, 5) is 0. The molecule has 0 aromatic rings. The molecule has 0 unspecified atom stereocenters. The van der Waals surface area contributed by atoms with Crippen LogP contribution >= 0.6 is 0 Å². The molecule has 0 saturated heterocycles. The van der Waals surface area contributed by atoms with E-state index < -0.39 is 8.32 Å². The minimum absolute atomic E-state index is 0.514. The minimum Gasteiger partial charge on any atom is -0.414 e. The molecule has 1 aliphatic rings. The van der Waals surface area contributed by atoms with Crippen molar-refractivity contribution >= 4 is 8.32 Å². The average molecular weight is 239 g/mol. The molecule has 1 rings (SSSR count). The van der Waals surface area contributed by atoms with E-state index >= 15 is 0 Å². The molecule has 0 bridgehead atoms. The second-order valence-corrected chi connectivity index (χ2v) is 10.0. The van der Waals surface area contributed by atoms with Crippen LogP contribution in [0.2, 0.25) is 19.1 Å². The Kier molecular flexibility index (Phi) is 5.50. The number of hydrogen-bond donors (Lipinski definition) is 0. The summed E-state index contributed by atoms with van der Waals surface area (Å²) in [5.74, 6) is 0.892. The second-order valence-electron chi connectivity index (χ2n) is 5.77. The Labute approximate surface area is 101 Å². The largest absolute Gasteiger partial charge is 0.414 e. The topological polar surface area (TPSA) is 33.0 Å². The van der Waals surface area contributed by atoms with Gasteiger partial charge >= 0.3 is 0 Å². The quantitative estimate of drug-likeness (QED) is 0.535. The molecule has 1 aliphatic carbocycles. The Morgan fingerprint density at radius 2 is 1.88 bits per heavy atom. The fourth-order valence-electron chi connectivity index (χ4n) is 2.45. The summed E-state index contributed by atoms with van der Waals surface area (Å²) in [5, 5.41) is 8.54. The van der Waals surface area contributed by atoms with Gasteiger partial charge in [-0.05, 0) is 57.2 Å². The average Bonchev–Trinajstić information content (AvgIpc) is 2.21. The summed E-state index contributed by atoms with van der Waals surface area (Å²) >= 11 is 0. The molecule has 0 amide bonds. The van der Waals surface area contributed by atoms with Crippen LogP contribution < -0.4 is 0 Å². The van der Waals surface area contributed by atoms with Gasteiger partial charge in [-0.3, -0.25) is 0 Å². The van der Waals surface area contributed by atoms with Crippen molar-refractivity contribution in [3.05, 3.63) is 0 Å². The zero-order valence-electron chi connectivity index (χ0n) is 11.0. The fraction of sp³-hybridized carbons (Fsp3) is 0.923. The summed E-state index contributed by atoms with van der Waals surface area (Å²) in [6.45, 7) is 6.93. The maximum absolute atomic E-state index is 8.54.